The van der Waals surface area contributed by atoms with E-state index in [9.17, 15) is 18.6 Å². The zero-order valence-electron chi connectivity index (χ0n) is 9.16. The smallest absolute Gasteiger partial charge is 0.282 e. The molecule has 0 bridgehead atoms. The summed E-state index contributed by atoms with van der Waals surface area (Å²) in [7, 11) is -2.07. The van der Waals surface area contributed by atoms with E-state index in [1.54, 1.807) is 13.8 Å². The van der Waals surface area contributed by atoms with Crippen molar-refractivity contribution in [1.29, 1.82) is 0 Å². The molecule has 0 aromatic heterocycles. The Morgan fingerprint density at radius 2 is 1.67 bits per heavy atom. The summed E-state index contributed by atoms with van der Waals surface area (Å²) in [6.07, 6.45) is -1.97. The number of hydrogen-bond acceptors (Lipinski definition) is 4. The number of β-amino-alcohol motifs (C(OH)–C–C–N with tert-alkyl or cyclic N) is 2. The van der Waals surface area contributed by atoms with Crippen molar-refractivity contribution in [3.8, 4) is 0 Å². The van der Waals surface area contributed by atoms with Gasteiger partial charge in [0.25, 0.3) is 10.2 Å². The second kappa shape index (κ2) is 4.34. The third-order valence-corrected chi connectivity index (χ3v) is 4.74. The highest BCUT2D eigenvalue weighted by Crippen LogP contribution is 2.17. The van der Waals surface area contributed by atoms with Gasteiger partial charge in [0.15, 0.2) is 0 Å². The Kier molecular flexibility index (Phi) is 3.72. The fourth-order valence-electron chi connectivity index (χ4n) is 1.37. The second-order valence-electron chi connectivity index (χ2n) is 4.07. The van der Waals surface area contributed by atoms with Crippen LogP contribution in [0.25, 0.3) is 0 Å². The molecule has 7 heteroatoms. The Hall–Kier alpha value is -0.210. The van der Waals surface area contributed by atoms with Crippen molar-refractivity contribution in [2.24, 2.45) is 0 Å². The summed E-state index contributed by atoms with van der Waals surface area (Å²) in [6, 6.07) is -0.148. The third kappa shape index (κ3) is 2.48. The van der Waals surface area contributed by atoms with Gasteiger partial charge in [0.2, 0.25) is 0 Å². The van der Waals surface area contributed by atoms with Crippen molar-refractivity contribution in [2.45, 2.75) is 32.1 Å². The molecule has 15 heavy (non-hydrogen) atoms. The van der Waals surface area contributed by atoms with Crippen LogP contribution in [0.4, 0.5) is 0 Å². The van der Waals surface area contributed by atoms with Crippen molar-refractivity contribution < 1.29 is 18.6 Å². The lowest BCUT2D eigenvalue weighted by Gasteiger charge is -2.26. The van der Waals surface area contributed by atoms with Gasteiger partial charge < -0.3 is 10.2 Å². The molecule has 1 heterocycles. The van der Waals surface area contributed by atoms with Crippen LogP contribution in [0.2, 0.25) is 0 Å². The van der Waals surface area contributed by atoms with E-state index < -0.39 is 22.4 Å². The van der Waals surface area contributed by atoms with Crippen molar-refractivity contribution in [3.63, 3.8) is 0 Å². The molecule has 0 aliphatic carbocycles. The van der Waals surface area contributed by atoms with Crippen molar-refractivity contribution in [1.82, 2.24) is 8.61 Å². The first kappa shape index (κ1) is 12.9. The second-order valence-corrected chi connectivity index (χ2v) is 6.06. The lowest BCUT2D eigenvalue weighted by molar-refractivity contribution is 0.0572. The van der Waals surface area contributed by atoms with Gasteiger partial charge in [-0.25, -0.2) is 0 Å². The Bertz CT molecular complexity index is 307. The molecule has 0 spiro atoms. The predicted octanol–water partition coefficient (Wildman–Crippen LogP) is -1.39. The van der Waals surface area contributed by atoms with Gasteiger partial charge in [-0.3, -0.25) is 0 Å². The number of nitrogens with zero attached hydrogens (tertiary/aromatic N) is 2. The highest BCUT2D eigenvalue weighted by atomic mass is 32.2. The van der Waals surface area contributed by atoms with Crippen LogP contribution in [0.3, 0.4) is 0 Å². The van der Waals surface area contributed by atoms with Gasteiger partial charge in [-0.2, -0.15) is 17.0 Å². The predicted molar refractivity (Wildman–Crippen MR) is 55.4 cm³/mol. The normalized spacial score (nSPS) is 29.3. The summed E-state index contributed by atoms with van der Waals surface area (Å²) < 4.78 is 26.1. The van der Waals surface area contributed by atoms with Gasteiger partial charge in [-0.05, 0) is 13.8 Å². The van der Waals surface area contributed by atoms with E-state index in [4.69, 9.17) is 0 Å². The molecule has 0 radical (unpaired) electrons. The van der Waals surface area contributed by atoms with Crippen molar-refractivity contribution in [2.75, 3.05) is 20.1 Å². The maximum atomic E-state index is 11.9. The summed E-state index contributed by atoms with van der Waals surface area (Å²) >= 11 is 0. The quantitative estimate of drug-likeness (QED) is 0.634. The lowest BCUT2D eigenvalue weighted by Crippen LogP contribution is -2.44. The van der Waals surface area contributed by atoms with Gasteiger partial charge in [0.1, 0.15) is 0 Å². The SMILES string of the molecule is CC(C)N(C)S(=O)(=O)N1C[C@@H](O)[C@@H](O)C1. The lowest BCUT2D eigenvalue weighted by atomic mass is 10.3. The molecule has 0 amide bonds. The fourth-order valence-corrected chi connectivity index (χ4v) is 2.95. The number of hydrogen-bond donors (Lipinski definition) is 2. The molecule has 1 aliphatic rings. The minimum atomic E-state index is -3.56. The molecule has 0 saturated carbocycles. The number of rotatable bonds is 3. The van der Waals surface area contributed by atoms with E-state index in [1.165, 1.54) is 11.4 Å². The average molecular weight is 238 g/mol. The highest BCUT2D eigenvalue weighted by Gasteiger charge is 2.39. The summed E-state index contributed by atoms with van der Waals surface area (Å²) in [5.74, 6) is 0. The van der Waals surface area contributed by atoms with E-state index in [-0.39, 0.29) is 19.1 Å². The van der Waals surface area contributed by atoms with E-state index in [0.29, 0.717) is 0 Å². The zero-order valence-corrected chi connectivity index (χ0v) is 9.98. The van der Waals surface area contributed by atoms with Gasteiger partial charge in [0, 0.05) is 26.2 Å². The van der Waals surface area contributed by atoms with Crippen LogP contribution in [0, 0.1) is 0 Å². The minimum Gasteiger partial charge on any atom is -0.389 e. The van der Waals surface area contributed by atoms with Gasteiger partial charge in [-0.15, -0.1) is 0 Å². The molecular formula is C8H18N2O4S. The molecule has 1 fully saturated rings. The van der Waals surface area contributed by atoms with Crippen LogP contribution >= 0.6 is 0 Å². The van der Waals surface area contributed by atoms with Gasteiger partial charge in [-0.1, -0.05) is 0 Å². The van der Waals surface area contributed by atoms with E-state index >= 15 is 0 Å². The highest BCUT2D eigenvalue weighted by molar-refractivity contribution is 7.86. The van der Waals surface area contributed by atoms with Crippen molar-refractivity contribution >= 4 is 10.2 Å². The zero-order chi connectivity index (χ0) is 11.8. The molecule has 0 aromatic carbocycles. The Labute approximate surface area is 90.3 Å². The summed E-state index contributed by atoms with van der Waals surface area (Å²) in [5, 5.41) is 18.6. The average Bonchev–Trinajstić information content (AvgIpc) is 2.46. The third-order valence-electron chi connectivity index (χ3n) is 2.64. The monoisotopic (exact) mass is 238 g/mol. The molecule has 0 unspecified atom stereocenters. The standard InChI is InChI=1S/C8H18N2O4S/c1-6(2)9(3)15(13,14)10-4-7(11)8(12)5-10/h6-8,11-12H,4-5H2,1-3H3/t7-,8+. The van der Waals surface area contributed by atoms with Crippen LogP contribution in [-0.2, 0) is 10.2 Å². The molecule has 2 atom stereocenters. The molecule has 6 nitrogen and oxygen atoms in total. The summed E-state index contributed by atoms with van der Waals surface area (Å²) in [4.78, 5) is 0. The largest absolute Gasteiger partial charge is 0.389 e. The molecular weight excluding hydrogens is 220 g/mol. The summed E-state index contributed by atoms with van der Waals surface area (Å²) in [6.45, 7) is 3.45. The topological polar surface area (TPSA) is 81.1 Å². The Balaban J connectivity index is 2.80. The van der Waals surface area contributed by atoms with Crippen LogP contribution in [0.1, 0.15) is 13.8 Å². The van der Waals surface area contributed by atoms with Crippen LogP contribution in [-0.4, -0.2) is 65.6 Å². The molecule has 90 valence electrons. The Morgan fingerprint density at radius 1 is 1.27 bits per heavy atom. The van der Waals surface area contributed by atoms with Crippen LogP contribution < -0.4 is 0 Å². The number of aliphatic hydroxyl groups excluding tert-OH is 2. The first-order chi connectivity index (χ1) is 6.76. The van der Waals surface area contributed by atoms with E-state index in [2.05, 4.69) is 0 Å². The maximum Gasteiger partial charge on any atom is 0.282 e. The maximum absolute atomic E-state index is 11.9. The molecule has 1 aliphatic heterocycles. The molecule has 2 N–H and O–H groups in total. The molecule has 1 saturated heterocycles. The van der Waals surface area contributed by atoms with Gasteiger partial charge in [0.05, 0.1) is 12.2 Å². The summed E-state index contributed by atoms with van der Waals surface area (Å²) in [5.41, 5.74) is 0. The molecule has 0 aromatic rings. The van der Waals surface area contributed by atoms with E-state index in [0.717, 1.165) is 4.31 Å². The van der Waals surface area contributed by atoms with Crippen molar-refractivity contribution in [3.05, 3.63) is 0 Å². The molecule has 1 rings (SSSR count). The van der Waals surface area contributed by atoms with Gasteiger partial charge >= 0.3 is 0 Å². The Morgan fingerprint density at radius 3 is 2.00 bits per heavy atom. The number of aliphatic hydroxyl groups is 2. The van der Waals surface area contributed by atoms with Crippen LogP contribution in [0.5, 0.6) is 0 Å². The van der Waals surface area contributed by atoms with E-state index in [1.807, 2.05) is 0 Å². The first-order valence-electron chi connectivity index (χ1n) is 4.86. The van der Waals surface area contributed by atoms with Crippen LogP contribution in [0.15, 0.2) is 0 Å². The minimum absolute atomic E-state index is 0.0411. The first-order valence-corrected chi connectivity index (χ1v) is 6.25. The fraction of sp³-hybridized carbons (Fsp3) is 1.00.